The van der Waals surface area contributed by atoms with Crippen LogP contribution in [-0.2, 0) is 0 Å². The Labute approximate surface area is 110 Å². The molecule has 0 aliphatic carbocycles. The monoisotopic (exact) mass is 296 g/mol. The van der Waals surface area contributed by atoms with Crippen molar-refractivity contribution in [3.63, 3.8) is 0 Å². The third kappa shape index (κ3) is 2.60. The topological polar surface area (TPSA) is 41.0 Å². The van der Waals surface area contributed by atoms with Gasteiger partial charge in [0.15, 0.2) is 0 Å². The molecule has 0 spiro atoms. The van der Waals surface area contributed by atoms with Crippen LogP contribution in [0.25, 0.3) is 0 Å². The number of rotatable bonds is 2. The number of halogens is 1. The maximum atomic E-state index is 4.25. The Morgan fingerprint density at radius 2 is 2.24 bits per heavy atom. The summed E-state index contributed by atoms with van der Waals surface area (Å²) in [6.45, 7) is 2.53. The highest BCUT2D eigenvalue weighted by atomic mass is 79.9. The Hall–Kier alpha value is -0.680. The molecule has 4 nitrogen and oxygen atoms in total. The summed E-state index contributed by atoms with van der Waals surface area (Å²) in [5, 5.41) is 3.53. The second-order valence-electron chi connectivity index (χ2n) is 4.92. The predicted molar refractivity (Wildman–Crippen MR) is 71.0 cm³/mol. The first-order valence-electron chi connectivity index (χ1n) is 6.29. The van der Waals surface area contributed by atoms with Crippen molar-refractivity contribution in [3.05, 3.63) is 17.0 Å². The first kappa shape index (κ1) is 11.4. The fourth-order valence-electron chi connectivity index (χ4n) is 2.98. The summed E-state index contributed by atoms with van der Waals surface area (Å²) in [5.41, 5.74) is 0. The summed E-state index contributed by atoms with van der Waals surface area (Å²) in [5.74, 6) is 0.934. The lowest BCUT2D eigenvalue weighted by Gasteiger charge is -2.35. The fourth-order valence-corrected chi connectivity index (χ4v) is 3.29. The van der Waals surface area contributed by atoms with Crippen molar-refractivity contribution in [1.82, 2.24) is 14.9 Å². The van der Waals surface area contributed by atoms with Crippen molar-refractivity contribution in [2.45, 2.75) is 37.8 Å². The molecule has 2 aliphatic rings. The molecule has 2 atom stereocenters. The van der Waals surface area contributed by atoms with E-state index in [0.717, 1.165) is 16.5 Å². The number of aromatic nitrogens is 2. The Kier molecular flexibility index (Phi) is 3.29. The molecule has 5 heteroatoms. The van der Waals surface area contributed by atoms with E-state index < -0.39 is 0 Å². The van der Waals surface area contributed by atoms with E-state index in [1.54, 1.807) is 6.33 Å². The minimum absolute atomic E-state index is 0.566. The van der Waals surface area contributed by atoms with Crippen LogP contribution >= 0.6 is 15.9 Å². The zero-order valence-corrected chi connectivity index (χ0v) is 11.4. The standard InChI is InChI=1S/C12H17BrN4/c13-11-7-12(15-8-14-11)16-9-3-5-17-4-1-2-10(17)6-9/h7-10H,1-6H2,(H,14,15,16). The van der Waals surface area contributed by atoms with E-state index in [-0.39, 0.29) is 0 Å². The number of fused-ring (bicyclic) bond motifs is 1. The predicted octanol–water partition coefficient (Wildman–Crippen LogP) is 2.28. The summed E-state index contributed by atoms with van der Waals surface area (Å²) < 4.78 is 0.841. The molecular formula is C12H17BrN4. The Morgan fingerprint density at radius 1 is 1.29 bits per heavy atom. The van der Waals surface area contributed by atoms with Crippen LogP contribution in [0.3, 0.4) is 0 Å². The first-order valence-corrected chi connectivity index (χ1v) is 7.09. The smallest absolute Gasteiger partial charge is 0.130 e. The molecule has 2 saturated heterocycles. The zero-order valence-electron chi connectivity index (χ0n) is 9.77. The molecule has 3 rings (SSSR count). The van der Waals surface area contributed by atoms with Crippen LogP contribution in [0.15, 0.2) is 17.0 Å². The second-order valence-corrected chi connectivity index (χ2v) is 5.74. The summed E-state index contributed by atoms with van der Waals surface area (Å²) in [6.07, 6.45) is 6.80. The molecule has 2 aliphatic heterocycles. The largest absolute Gasteiger partial charge is 0.367 e. The number of hydrogen-bond donors (Lipinski definition) is 1. The molecular weight excluding hydrogens is 280 g/mol. The summed E-state index contributed by atoms with van der Waals surface area (Å²) in [7, 11) is 0. The third-order valence-electron chi connectivity index (χ3n) is 3.81. The molecule has 0 saturated carbocycles. The first-order chi connectivity index (χ1) is 8.31. The molecule has 1 aromatic heterocycles. The van der Waals surface area contributed by atoms with E-state index in [0.29, 0.717) is 6.04 Å². The van der Waals surface area contributed by atoms with Gasteiger partial charge in [0.05, 0.1) is 0 Å². The quantitative estimate of drug-likeness (QED) is 0.850. The Morgan fingerprint density at radius 3 is 3.12 bits per heavy atom. The van der Waals surface area contributed by atoms with Gasteiger partial charge < -0.3 is 10.2 Å². The van der Waals surface area contributed by atoms with E-state index in [2.05, 4.69) is 36.1 Å². The number of nitrogens with zero attached hydrogens (tertiary/aromatic N) is 3. The van der Waals surface area contributed by atoms with E-state index in [1.165, 1.54) is 38.8 Å². The van der Waals surface area contributed by atoms with Gasteiger partial charge in [-0.1, -0.05) is 0 Å². The average molecular weight is 297 g/mol. The van der Waals surface area contributed by atoms with Crippen molar-refractivity contribution >= 4 is 21.7 Å². The molecule has 0 amide bonds. The van der Waals surface area contributed by atoms with Crippen LogP contribution in [0.1, 0.15) is 25.7 Å². The second kappa shape index (κ2) is 4.90. The highest BCUT2D eigenvalue weighted by Crippen LogP contribution is 2.28. The van der Waals surface area contributed by atoms with Crippen LogP contribution < -0.4 is 5.32 Å². The molecule has 2 unspecified atom stereocenters. The van der Waals surface area contributed by atoms with Gasteiger partial charge in [-0.3, -0.25) is 0 Å². The summed E-state index contributed by atoms with van der Waals surface area (Å²) >= 11 is 3.37. The molecule has 3 heterocycles. The fraction of sp³-hybridized carbons (Fsp3) is 0.667. The third-order valence-corrected chi connectivity index (χ3v) is 4.24. The van der Waals surface area contributed by atoms with Crippen LogP contribution in [0.5, 0.6) is 0 Å². The van der Waals surface area contributed by atoms with Crippen molar-refractivity contribution in [2.75, 3.05) is 18.4 Å². The maximum absolute atomic E-state index is 4.25. The molecule has 1 N–H and O–H groups in total. The Bertz CT molecular complexity index is 398. The van der Waals surface area contributed by atoms with Crippen LogP contribution in [0.2, 0.25) is 0 Å². The molecule has 17 heavy (non-hydrogen) atoms. The minimum atomic E-state index is 0.566. The van der Waals surface area contributed by atoms with Gasteiger partial charge in [-0.2, -0.15) is 0 Å². The maximum Gasteiger partial charge on any atom is 0.130 e. The van der Waals surface area contributed by atoms with Crippen molar-refractivity contribution in [2.24, 2.45) is 0 Å². The normalized spacial score (nSPS) is 29.0. The summed E-state index contributed by atoms with van der Waals surface area (Å²) in [4.78, 5) is 10.9. The molecule has 0 radical (unpaired) electrons. The number of hydrogen-bond acceptors (Lipinski definition) is 4. The number of piperidine rings is 1. The van der Waals surface area contributed by atoms with Gasteiger partial charge in [0.2, 0.25) is 0 Å². The zero-order chi connectivity index (χ0) is 11.7. The lowest BCUT2D eigenvalue weighted by molar-refractivity contribution is 0.188. The van der Waals surface area contributed by atoms with E-state index in [4.69, 9.17) is 0 Å². The van der Waals surface area contributed by atoms with Gasteiger partial charge in [0.1, 0.15) is 16.7 Å². The van der Waals surface area contributed by atoms with Crippen molar-refractivity contribution < 1.29 is 0 Å². The van der Waals surface area contributed by atoms with Gasteiger partial charge in [-0.05, 0) is 48.2 Å². The number of nitrogens with one attached hydrogen (secondary N) is 1. The SMILES string of the molecule is Brc1cc(NC2CCN3CCCC3C2)ncn1. The Balaban J connectivity index is 1.62. The number of anilines is 1. The minimum Gasteiger partial charge on any atom is -0.367 e. The van der Waals surface area contributed by atoms with Gasteiger partial charge in [0, 0.05) is 24.7 Å². The van der Waals surface area contributed by atoms with Gasteiger partial charge in [-0.15, -0.1) is 0 Å². The molecule has 0 aromatic carbocycles. The van der Waals surface area contributed by atoms with E-state index in [1.807, 2.05) is 6.07 Å². The highest BCUT2D eigenvalue weighted by Gasteiger charge is 2.31. The van der Waals surface area contributed by atoms with Crippen LogP contribution in [0.4, 0.5) is 5.82 Å². The van der Waals surface area contributed by atoms with Gasteiger partial charge >= 0.3 is 0 Å². The van der Waals surface area contributed by atoms with Crippen LogP contribution in [0, 0.1) is 0 Å². The van der Waals surface area contributed by atoms with Crippen molar-refractivity contribution in [3.8, 4) is 0 Å². The van der Waals surface area contributed by atoms with E-state index >= 15 is 0 Å². The van der Waals surface area contributed by atoms with Gasteiger partial charge in [0.25, 0.3) is 0 Å². The molecule has 92 valence electrons. The molecule has 0 bridgehead atoms. The van der Waals surface area contributed by atoms with Crippen molar-refractivity contribution in [1.29, 1.82) is 0 Å². The lowest BCUT2D eigenvalue weighted by Crippen LogP contribution is -2.42. The average Bonchev–Trinajstić information content (AvgIpc) is 2.76. The van der Waals surface area contributed by atoms with Crippen LogP contribution in [-0.4, -0.2) is 40.0 Å². The highest BCUT2D eigenvalue weighted by molar-refractivity contribution is 9.10. The van der Waals surface area contributed by atoms with Gasteiger partial charge in [-0.25, -0.2) is 9.97 Å². The lowest BCUT2D eigenvalue weighted by atomic mass is 9.98. The molecule has 2 fully saturated rings. The summed E-state index contributed by atoms with van der Waals surface area (Å²) in [6, 6.07) is 3.31. The molecule has 1 aromatic rings. The van der Waals surface area contributed by atoms with E-state index in [9.17, 15) is 0 Å².